The van der Waals surface area contributed by atoms with Crippen LogP contribution >= 0.6 is 12.2 Å². The summed E-state index contributed by atoms with van der Waals surface area (Å²) >= 11 is 5.46. The number of hydrogen-bond acceptors (Lipinski definition) is 1. The van der Waals surface area contributed by atoms with E-state index in [9.17, 15) is 0 Å². The minimum atomic E-state index is 0.760. The molecule has 0 aromatic heterocycles. The van der Waals surface area contributed by atoms with Gasteiger partial charge in [0.2, 0.25) is 0 Å². The lowest BCUT2D eigenvalue weighted by atomic mass is 9.85. The van der Waals surface area contributed by atoms with Gasteiger partial charge in [-0.3, -0.25) is 0 Å². The molecule has 15 heavy (non-hydrogen) atoms. The Bertz CT molecular complexity index is 230. The molecule has 1 aliphatic carbocycles. The molecule has 3 heteroatoms. The van der Waals surface area contributed by atoms with Crippen LogP contribution in [0.1, 0.15) is 45.4 Å². The second kappa shape index (κ2) is 5.15. The molecule has 0 amide bonds. The number of likely N-dealkylation sites (tertiary alicyclic amines) is 1. The first kappa shape index (κ1) is 11.2. The third-order valence-electron chi connectivity index (χ3n) is 3.80. The van der Waals surface area contributed by atoms with Gasteiger partial charge >= 0.3 is 0 Å². The average molecular weight is 226 g/mol. The summed E-state index contributed by atoms with van der Waals surface area (Å²) in [5, 5.41) is 4.37. The second-order valence-corrected chi connectivity index (χ2v) is 5.21. The maximum absolute atomic E-state index is 5.46. The number of hydrogen-bond donors (Lipinski definition) is 1. The summed E-state index contributed by atoms with van der Waals surface area (Å²) in [5.74, 6) is 0.931. The van der Waals surface area contributed by atoms with E-state index in [4.69, 9.17) is 12.2 Å². The van der Waals surface area contributed by atoms with Crippen molar-refractivity contribution in [3.63, 3.8) is 0 Å². The Morgan fingerprint density at radius 1 is 1.33 bits per heavy atom. The quantitative estimate of drug-likeness (QED) is 0.729. The lowest BCUT2D eigenvalue weighted by molar-refractivity contribution is 0.252. The van der Waals surface area contributed by atoms with Gasteiger partial charge in [0.25, 0.3) is 0 Å². The largest absolute Gasteiger partial charge is 0.363 e. The summed E-state index contributed by atoms with van der Waals surface area (Å²) < 4.78 is 0. The topological polar surface area (TPSA) is 15.3 Å². The monoisotopic (exact) mass is 226 g/mol. The third-order valence-corrected chi connectivity index (χ3v) is 4.18. The Balaban J connectivity index is 1.89. The molecule has 2 aliphatic rings. The smallest absolute Gasteiger partial charge is 0.169 e. The van der Waals surface area contributed by atoms with Gasteiger partial charge in [-0.25, -0.2) is 0 Å². The van der Waals surface area contributed by atoms with Crippen LogP contribution in [0, 0.1) is 5.92 Å². The van der Waals surface area contributed by atoms with Crippen LogP contribution in [-0.4, -0.2) is 29.1 Å². The molecule has 2 unspecified atom stereocenters. The molecule has 86 valence electrons. The Labute approximate surface area is 98.4 Å². The van der Waals surface area contributed by atoms with Gasteiger partial charge in [-0.15, -0.1) is 0 Å². The van der Waals surface area contributed by atoms with Crippen LogP contribution in [-0.2, 0) is 0 Å². The zero-order valence-corrected chi connectivity index (χ0v) is 10.5. The number of nitrogens with one attached hydrogen (secondary N) is 1. The number of fused-ring (bicyclic) bond motifs is 1. The molecule has 0 spiro atoms. The lowest BCUT2D eigenvalue weighted by Crippen LogP contribution is -2.44. The fraction of sp³-hybridized carbons (Fsp3) is 0.917. The summed E-state index contributed by atoms with van der Waals surface area (Å²) in [6.45, 7) is 4.39. The van der Waals surface area contributed by atoms with Gasteiger partial charge in [0.15, 0.2) is 5.11 Å². The average Bonchev–Trinajstić information content (AvgIpc) is 2.69. The van der Waals surface area contributed by atoms with Crippen molar-refractivity contribution >= 4 is 17.3 Å². The van der Waals surface area contributed by atoms with Crippen molar-refractivity contribution in [1.29, 1.82) is 0 Å². The molecular weight excluding hydrogens is 204 g/mol. The van der Waals surface area contributed by atoms with E-state index in [-0.39, 0.29) is 0 Å². The molecule has 1 heterocycles. The summed E-state index contributed by atoms with van der Waals surface area (Å²) in [7, 11) is 0. The van der Waals surface area contributed by atoms with Crippen molar-refractivity contribution in [3.8, 4) is 0 Å². The zero-order valence-electron chi connectivity index (χ0n) is 9.67. The molecule has 0 bridgehead atoms. The molecule has 0 aromatic rings. The highest BCUT2D eigenvalue weighted by Gasteiger charge is 2.36. The van der Waals surface area contributed by atoms with Crippen LogP contribution in [0.2, 0.25) is 0 Å². The molecule has 0 aromatic carbocycles. The molecular formula is C12H22N2S. The minimum Gasteiger partial charge on any atom is -0.363 e. The fourth-order valence-corrected chi connectivity index (χ4v) is 3.32. The summed E-state index contributed by atoms with van der Waals surface area (Å²) in [5.41, 5.74) is 0. The lowest BCUT2D eigenvalue weighted by Gasteiger charge is -2.33. The van der Waals surface area contributed by atoms with Gasteiger partial charge in [0, 0.05) is 19.1 Å². The highest BCUT2D eigenvalue weighted by molar-refractivity contribution is 7.80. The van der Waals surface area contributed by atoms with Gasteiger partial charge in [-0.2, -0.15) is 0 Å². The second-order valence-electron chi connectivity index (χ2n) is 4.83. The number of rotatable bonds is 2. The Morgan fingerprint density at radius 2 is 2.13 bits per heavy atom. The van der Waals surface area contributed by atoms with Crippen molar-refractivity contribution in [1.82, 2.24) is 10.2 Å². The van der Waals surface area contributed by atoms with Crippen molar-refractivity contribution in [2.24, 2.45) is 5.92 Å². The maximum atomic E-state index is 5.46. The highest BCUT2D eigenvalue weighted by atomic mass is 32.1. The maximum Gasteiger partial charge on any atom is 0.169 e. The first-order valence-electron chi connectivity index (χ1n) is 6.37. The standard InChI is InChI=1S/C12H22N2S/c1-2-8-13-12(15)14-9-7-10-5-3-4-6-11(10)14/h10-11H,2-9H2,1H3,(H,13,15). The summed E-state index contributed by atoms with van der Waals surface area (Å²) in [6, 6.07) is 0.760. The van der Waals surface area contributed by atoms with Crippen molar-refractivity contribution in [3.05, 3.63) is 0 Å². The van der Waals surface area contributed by atoms with Gasteiger partial charge < -0.3 is 10.2 Å². The van der Waals surface area contributed by atoms with Gasteiger partial charge in [0.05, 0.1) is 0 Å². The van der Waals surface area contributed by atoms with E-state index in [1.807, 2.05) is 0 Å². The van der Waals surface area contributed by atoms with Crippen LogP contribution < -0.4 is 5.32 Å². The Kier molecular flexibility index (Phi) is 3.84. The van der Waals surface area contributed by atoms with Gasteiger partial charge in [-0.05, 0) is 43.8 Å². The predicted octanol–water partition coefficient (Wildman–Crippen LogP) is 2.54. The molecule has 2 rings (SSSR count). The van der Waals surface area contributed by atoms with Crippen LogP contribution in [0.5, 0.6) is 0 Å². The summed E-state index contributed by atoms with van der Waals surface area (Å²) in [4.78, 5) is 2.45. The minimum absolute atomic E-state index is 0.760. The highest BCUT2D eigenvalue weighted by Crippen LogP contribution is 2.35. The van der Waals surface area contributed by atoms with Crippen LogP contribution in [0.15, 0.2) is 0 Å². The molecule has 2 fully saturated rings. The van der Waals surface area contributed by atoms with E-state index in [0.717, 1.165) is 30.0 Å². The van der Waals surface area contributed by atoms with E-state index in [1.54, 1.807) is 0 Å². The van der Waals surface area contributed by atoms with Gasteiger partial charge in [-0.1, -0.05) is 19.8 Å². The molecule has 0 radical (unpaired) electrons. The SMILES string of the molecule is CCCNC(=S)N1CCC2CCCCC21. The predicted molar refractivity (Wildman–Crippen MR) is 68.0 cm³/mol. The van der Waals surface area contributed by atoms with Crippen molar-refractivity contribution in [2.45, 2.75) is 51.5 Å². The molecule has 2 atom stereocenters. The van der Waals surface area contributed by atoms with Crippen LogP contribution in [0.4, 0.5) is 0 Å². The van der Waals surface area contributed by atoms with Crippen molar-refractivity contribution in [2.75, 3.05) is 13.1 Å². The molecule has 1 aliphatic heterocycles. The molecule has 1 N–H and O–H groups in total. The van der Waals surface area contributed by atoms with Gasteiger partial charge in [0.1, 0.15) is 0 Å². The third kappa shape index (κ3) is 2.44. The van der Waals surface area contributed by atoms with E-state index in [1.165, 1.54) is 38.6 Å². The zero-order chi connectivity index (χ0) is 10.7. The van der Waals surface area contributed by atoms with E-state index >= 15 is 0 Å². The molecule has 1 saturated carbocycles. The molecule has 2 nitrogen and oxygen atoms in total. The summed E-state index contributed by atoms with van der Waals surface area (Å²) in [6.07, 6.45) is 8.13. The first-order valence-corrected chi connectivity index (χ1v) is 6.78. The number of nitrogens with zero attached hydrogens (tertiary/aromatic N) is 1. The normalized spacial score (nSPS) is 30.1. The van der Waals surface area contributed by atoms with E-state index in [2.05, 4.69) is 17.1 Å². The fourth-order valence-electron chi connectivity index (χ4n) is 2.99. The molecule has 1 saturated heterocycles. The first-order chi connectivity index (χ1) is 7.33. The van der Waals surface area contributed by atoms with E-state index in [0.29, 0.717) is 0 Å². The van der Waals surface area contributed by atoms with E-state index < -0.39 is 0 Å². The van der Waals surface area contributed by atoms with Crippen LogP contribution in [0.3, 0.4) is 0 Å². The Morgan fingerprint density at radius 3 is 2.93 bits per heavy atom. The number of thiocarbonyl (C=S) groups is 1. The van der Waals surface area contributed by atoms with Crippen LogP contribution in [0.25, 0.3) is 0 Å². The van der Waals surface area contributed by atoms with Crippen molar-refractivity contribution < 1.29 is 0 Å². The Hall–Kier alpha value is -0.310.